The molecule has 7 heteroatoms. The summed E-state index contributed by atoms with van der Waals surface area (Å²) in [6.45, 7) is 4.83. The predicted molar refractivity (Wildman–Crippen MR) is 70.0 cm³/mol. The SMILES string of the molecule is C=CC(=O)N1CCCC(c2nnc(C(=O)OC)s2)C1. The highest BCUT2D eigenvalue weighted by Crippen LogP contribution is 2.29. The van der Waals surface area contributed by atoms with E-state index in [1.54, 1.807) is 4.90 Å². The highest BCUT2D eigenvalue weighted by Gasteiger charge is 2.27. The van der Waals surface area contributed by atoms with Gasteiger partial charge in [0.15, 0.2) is 0 Å². The minimum Gasteiger partial charge on any atom is -0.464 e. The van der Waals surface area contributed by atoms with Gasteiger partial charge in [-0.25, -0.2) is 4.79 Å². The topological polar surface area (TPSA) is 72.4 Å². The van der Waals surface area contributed by atoms with Crippen molar-refractivity contribution < 1.29 is 14.3 Å². The van der Waals surface area contributed by atoms with Crippen LogP contribution in [0.3, 0.4) is 0 Å². The highest BCUT2D eigenvalue weighted by molar-refractivity contribution is 7.13. The lowest BCUT2D eigenvalue weighted by atomic mass is 9.99. The summed E-state index contributed by atoms with van der Waals surface area (Å²) < 4.78 is 4.60. The van der Waals surface area contributed by atoms with Crippen molar-refractivity contribution in [3.05, 3.63) is 22.7 Å². The van der Waals surface area contributed by atoms with Gasteiger partial charge in [0.05, 0.1) is 7.11 Å². The molecule has 6 nitrogen and oxygen atoms in total. The zero-order valence-corrected chi connectivity index (χ0v) is 11.5. The normalized spacial score (nSPS) is 19.0. The molecule has 0 aromatic carbocycles. The van der Waals surface area contributed by atoms with Crippen LogP contribution in [-0.4, -0.2) is 47.2 Å². The van der Waals surface area contributed by atoms with Crippen LogP contribution in [0.2, 0.25) is 0 Å². The summed E-state index contributed by atoms with van der Waals surface area (Å²) in [6, 6.07) is 0. The summed E-state index contributed by atoms with van der Waals surface area (Å²) in [7, 11) is 1.31. The van der Waals surface area contributed by atoms with Gasteiger partial charge in [0.2, 0.25) is 10.9 Å². The third-order valence-corrected chi connectivity index (χ3v) is 4.12. The Balaban J connectivity index is 2.09. The monoisotopic (exact) mass is 281 g/mol. The van der Waals surface area contributed by atoms with Crippen LogP contribution in [-0.2, 0) is 9.53 Å². The molecule has 1 unspecified atom stereocenters. The Kier molecular flexibility index (Phi) is 4.26. The summed E-state index contributed by atoms with van der Waals surface area (Å²) in [4.78, 5) is 24.7. The number of hydrogen-bond donors (Lipinski definition) is 0. The third-order valence-electron chi connectivity index (χ3n) is 3.06. The van der Waals surface area contributed by atoms with Crippen LogP contribution in [0, 0.1) is 0 Å². The average Bonchev–Trinajstić information content (AvgIpc) is 2.95. The Hall–Kier alpha value is -1.76. The van der Waals surface area contributed by atoms with Gasteiger partial charge in [0, 0.05) is 19.0 Å². The maximum absolute atomic E-state index is 11.6. The van der Waals surface area contributed by atoms with Gasteiger partial charge in [-0.3, -0.25) is 4.79 Å². The van der Waals surface area contributed by atoms with E-state index in [0.29, 0.717) is 6.54 Å². The Morgan fingerprint density at radius 3 is 3.00 bits per heavy atom. The molecule has 1 amide bonds. The van der Waals surface area contributed by atoms with E-state index in [1.165, 1.54) is 24.5 Å². The Morgan fingerprint density at radius 2 is 2.32 bits per heavy atom. The van der Waals surface area contributed by atoms with Crippen LogP contribution in [0.1, 0.15) is 33.6 Å². The summed E-state index contributed by atoms with van der Waals surface area (Å²) in [5, 5.41) is 8.89. The number of methoxy groups -OCH3 is 1. The van der Waals surface area contributed by atoms with Gasteiger partial charge < -0.3 is 9.64 Å². The first-order chi connectivity index (χ1) is 9.15. The van der Waals surface area contributed by atoms with Crippen LogP contribution in [0.15, 0.2) is 12.7 Å². The smallest absolute Gasteiger partial charge is 0.369 e. The minimum atomic E-state index is -0.474. The molecule has 0 radical (unpaired) electrons. The van der Waals surface area contributed by atoms with E-state index in [1.807, 2.05) is 0 Å². The van der Waals surface area contributed by atoms with E-state index in [2.05, 4.69) is 21.5 Å². The molecule has 102 valence electrons. The molecule has 0 aliphatic carbocycles. The molecule has 1 aliphatic rings. The zero-order chi connectivity index (χ0) is 13.8. The average molecular weight is 281 g/mol. The van der Waals surface area contributed by atoms with Crippen LogP contribution >= 0.6 is 11.3 Å². The fourth-order valence-electron chi connectivity index (χ4n) is 2.08. The number of aromatic nitrogens is 2. The standard InChI is InChI=1S/C12H15N3O3S/c1-3-9(16)15-6-4-5-8(7-15)10-13-14-11(19-10)12(17)18-2/h3,8H,1,4-7H2,2H3. The molecule has 1 atom stereocenters. The van der Waals surface area contributed by atoms with Crippen molar-refractivity contribution >= 4 is 23.2 Å². The van der Waals surface area contributed by atoms with Gasteiger partial charge >= 0.3 is 5.97 Å². The summed E-state index contributed by atoms with van der Waals surface area (Å²) in [5.74, 6) is -0.408. The lowest BCUT2D eigenvalue weighted by Gasteiger charge is -2.30. The van der Waals surface area contributed by atoms with Crippen molar-refractivity contribution in [2.45, 2.75) is 18.8 Å². The Morgan fingerprint density at radius 1 is 1.53 bits per heavy atom. The number of hydrogen-bond acceptors (Lipinski definition) is 6. The number of amides is 1. The number of piperidine rings is 1. The molecule has 1 aliphatic heterocycles. The van der Waals surface area contributed by atoms with Crippen molar-refractivity contribution in [3.63, 3.8) is 0 Å². The summed E-state index contributed by atoms with van der Waals surface area (Å²) >= 11 is 1.23. The molecule has 2 heterocycles. The molecule has 1 aromatic heterocycles. The van der Waals surface area contributed by atoms with Crippen LogP contribution in [0.25, 0.3) is 0 Å². The van der Waals surface area contributed by atoms with E-state index in [9.17, 15) is 9.59 Å². The molecule has 0 bridgehead atoms. The van der Waals surface area contributed by atoms with Gasteiger partial charge in [0.25, 0.3) is 0 Å². The number of carbonyl (C=O) groups excluding carboxylic acids is 2. The van der Waals surface area contributed by atoms with Crippen molar-refractivity contribution in [1.82, 2.24) is 15.1 Å². The van der Waals surface area contributed by atoms with Crippen molar-refractivity contribution in [3.8, 4) is 0 Å². The molecule has 0 spiro atoms. The van der Waals surface area contributed by atoms with Crippen LogP contribution < -0.4 is 0 Å². The number of likely N-dealkylation sites (tertiary alicyclic amines) is 1. The maximum atomic E-state index is 11.6. The van der Waals surface area contributed by atoms with Gasteiger partial charge in [0.1, 0.15) is 5.01 Å². The molecule has 2 rings (SSSR count). The quantitative estimate of drug-likeness (QED) is 0.615. The highest BCUT2D eigenvalue weighted by atomic mass is 32.1. The Bertz CT molecular complexity index is 500. The number of esters is 1. The number of nitrogens with zero attached hydrogens (tertiary/aromatic N) is 3. The Labute approximate surface area is 115 Å². The third kappa shape index (κ3) is 2.98. The maximum Gasteiger partial charge on any atom is 0.369 e. The van der Waals surface area contributed by atoms with Gasteiger partial charge in [-0.2, -0.15) is 0 Å². The molecule has 1 aromatic rings. The molecular formula is C12H15N3O3S. The second-order valence-electron chi connectivity index (χ2n) is 4.26. The van der Waals surface area contributed by atoms with E-state index in [-0.39, 0.29) is 16.8 Å². The van der Waals surface area contributed by atoms with Gasteiger partial charge in [-0.1, -0.05) is 17.9 Å². The fraction of sp³-hybridized carbons (Fsp3) is 0.500. The first-order valence-corrected chi connectivity index (χ1v) is 6.80. The van der Waals surface area contributed by atoms with Crippen molar-refractivity contribution in [2.24, 2.45) is 0 Å². The van der Waals surface area contributed by atoms with E-state index < -0.39 is 5.97 Å². The first-order valence-electron chi connectivity index (χ1n) is 5.98. The number of carbonyl (C=O) groups is 2. The van der Waals surface area contributed by atoms with E-state index >= 15 is 0 Å². The lowest BCUT2D eigenvalue weighted by Crippen LogP contribution is -2.38. The van der Waals surface area contributed by atoms with Crippen molar-refractivity contribution in [1.29, 1.82) is 0 Å². The van der Waals surface area contributed by atoms with E-state index in [0.717, 1.165) is 24.4 Å². The summed E-state index contributed by atoms with van der Waals surface area (Å²) in [5.41, 5.74) is 0. The lowest BCUT2D eigenvalue weighted by molar-refractivity contribution is -0.127. The van der Waals surface area contributed by atoms with Gasteiger partial charge in [-0.05, 0) is 18.9 Å². The largest absolute Gasteiger partial charge is 0.464 e. The zero-order valence-electron chi connectivity index (χ0n) is 10.7. The van der Waals surface area contributed by atoms with Gasteiger partial charge in [-0.15, -0.1) is 10.2 Å². The molecule has 1 saturated heterocycles. The molecular weight excluding hydrogens is 266 g/mol. The first kappa shape index (κ1) is 13.7. The second kappa shape index (κ2) is 5.92. The second-order valence-corrected chi connectivity index (χ2v) is 5.27. The predicted octanol–water partition coefficient (Wildman–Crippen LogP) is 1.22. The minimum absolute atomic E-state index is 0.0672. The molecule has 1 fully saturated rings. The van der Waals surface area contributed by atoms with Crippen LogP contribution in [0.5, 0.6) is 0 Å². The van der Waals surface area contributed by atoms with E-state index in [4.69, 9.17) is 0 Å². The molecule has 0 saturated carbocycles. The fourth-order valence-corrected chi connectivity index (χ4v) is 2.96. The van der Waals surface area contributed by atoms with Crippen molar-refractivity contribution in [2.75, 3.05) is 20.2 Å². The van der Waals surface area contributed by atoms with Crippen LogP contribution in [0.4, 0.5) is 0 Å². The number of ether oxygens (including phenoxy) is 1. The molecule has 0 N–H and O–H groups in total. The number of rotatable bonds is 3. The summed E-state index contributed by atoms with van der Waals surface area (Å²) in [6.07, 6.45) is 3.18. The molecule has 19 heavy (non-hydrogen) atoms.